The number of phenolic OH excluding ortho intramolecular Hbond substituents is 2. The second-order valence-electron chi connectivity index (χ2n) is 7.14. The standard InChI is InChI=1S/C21H17ClFNO7S2/c22-20-16(15-7-11(23)1-4-17(15)25)9-19(32-20)33(28,29)24-12-2-3-14(18(26)8-12)21(27)31-13-5-6-30-10-13/h1-4,7-9,13,24-26H,5-6,10H2. The molecule has 0 radical (unpaired) electrons. The molecule has 0 saturated carbocycles. The number of carbonyl (C=O) groups excluding carboxylic acids is 1. The minimum Gasteiger partial charge on any atom is -0.507 e. The number of halogens is 2. The molecule has 174 valence electrons. The number of benzene rings is 2. The van der Waals surface area contributed by atoms with Crippen LogP contribution in [0, 0.1) is 5.82 Å². The van der Waals surface area contributed by atoms with Gasteiger partial charge in [-0.05, 0) is 36.4 Å². The lowest BCUT2D eigenvalue weighted by molar-refractivity contribution is 0.0267. The molecule has 1 aromatic heterocycles. The van der Waals surface area contributed by atoms with E-state index in [4.69, 9.17) is 21.1 Å². The molecular formula is C21H17ClFNO7S2. The number of hydrogen-bond acceptors (Lipinski definition) is 8. The third-order valence-electron chi connectivity index (χ3n) is 4.81. The van der Waals surface area contributed by atoms with Crippen LogP contribution in [0.5, 0.6) is 11.5 Å². The van der Waals surface area contributed by atoms with Crippen LogP contribution in [0.1, 0.15) is 16.8 Å². The average Bonchev–Trinajstić information content (AvgIpc) is 3.39. The van der Waals surface area contributed by atoms with Gasteiger partial charge in [0.05, 0.1) is 18.9 Å². The van der Waals surface area contributed by atoms with Crippen LogP contribution in [-0.2, 0) is 19.5 Å². The Kier molecular flexibility index (Phi) is 6.48. The topological polar surface area (TPSA) is 122 Å². The number of thiophene rings is 1. The van der Waals surface area contributed by atoms with E-state index in [0.717, 1.165) is 24.3 Å². The van der Waals surface area contributed by atoms with E-state index in [1.807, 2.05) is 0 Å². The minimum atomic E-state index is -4.15. The summed E-state index contributed by atoms with van der Waals surface area (Å²) in [5, 5.41) is 20.2. The number of sulfonamides is 1. The van der Waals surface area contributed by atoms with Gasteiger partial charge in [-0.25, -0.2) is 17.6 Å². The van der Waals surface area contributed by atoms with Crippen molar-refractivity contribution in [1.29, 1.82) is 0 Å². The largest absolute Gasteiger partial charge is 0.507 e. The summed E-state index contributed by atoms with van der Waals surface area (Å²) in [6, 6.07) is 8.07. The molecule has 0 spiro atoms. The van der Waals surface area contributed by atoms with E-state index in [-0.39, 0.29) is 43.3 Å². The highest BCUT2D eigenvalue weighted by atomic mass is 35.5. The van der Waals surface area contributed by atoms with Gasteiger partial charge in [0.1, 0.15) is 37.5 Å². The number of rotatable bonds is 6. The zero-order valence-corrected chi connectivity index (χ0v) is 19.1. The molecule has 8 nitrogen and oxygen atoms in total. The van der Waals surface area contributed by atoms with Gasteiger partial charge in [-0.2, -0.15) is 0 Å². The number of ether oxygens (including phenoxy) is 2. The lowest BCUT2D eigenvalue weighted by Gasteiger charge is -2.12. The predicted octanol–water partition coefficient (Wildman–Crippen LogP) is 4.37. The van der Waals surface area contributed by atoms with E-state index in [1.165, 1.54) is 18.2 Å². The number of hydrogen-bond donors (Lipinski definition) is 3. The Bertz CT molecular complexity index is 1320. The maximum atomic E-state index is 13.6. The number of carbonyl (C=O) groups is 1. The molecular weight excluding hydrogens is 497 g/mol. The third-order valence-corrected chi connectivity index (χ3v) is 8.02. The smallest absolute Gasteiger partial charge is 0.342 e. The average molecular weight is 514 g/mol. The molecule has 1 aliphatic rings. The molecule has 1 saturated heterocycles. The van der Waals surface area contributed by atoms with Crippen molar-refractivity contribution in [2.24, 2.45) is 0 Å². The van der Waals surface area contributed by atoms with Crippen LogP contribution in [0.3, 0.4) is 0 Å². The summed E-state index contributed by atoms with van der Waals surface area (Å²) >= 11 is 6.87. The summed E-state index contributed by atoms with van der Waals surface area (Å²) in [6.07, 6.45) is 0.161. The molecule has 3 N–H and O–H groups in total. The van der Waals surface area contributed by atoms with Crippen LogP contribution >= 0.6 is 22.9 Å². The molecule has 12 heteroatoms. The monoisotopic (exact) mass is 513 g/mol. The fraction of sp³-hybridized carbons (Fsp3) is 0.190. The Morgan fingerprint density at radius 1 is 1.15 bits per heavy atom. The lowest BCUT2D eigenvalue weighted by Crippen LogP contribution is -2.18. The summed E-state index contributed by atoms with van der Waals surface area (Å²) in [6.45, 7) is 0.765. The van der Waals surface area contributed by atoms with Crippen molar-refractivity contribution in [3.8, 4) is 22.6 Å². The highest BCUT2D eigenvalue weighted by Crippen LogP contribution is 2.42. The number of nitrogens with one attached hydrogen (secondary N) is 1. The van der Waals surface area contributed by atoms with Crippen molar-refractivity contribution in [3.63, 3.8) is 0 Å². The van der Waals surface area contributed by atoms with Crippen molar-refractivity contribution in [1.82, 2.24) is 0 Å². The van der Waals surface area contributed by atoms with E-state index in [0.29, 0.717) is 24.4 Å². The van der Waals surface area contributed by atoms with E-state index >= 15 is 0 Å². The lowest BCUT2D eigenvalue weighted by atomic mass is 10.1. The van der Waals surface area contributed by atoms with Crippen molar-refractivity contribution in [2.45, 2.75) is 16.7 Å². The number of phenols is 2. The number of aromatic hydroxyl groups is 2. The molecule has 33 heavy (non-hydrogen) atoms. The molecule has 0 aliphatic carbocycles. The van der Waals surface area contributed by atoms with Gasteiger partial charge in [0.15, 0.2) is 0 Å². The van der Waals surface area contributed by atoms with Crippen LogP contribution in [0.15, 0.2) is 46.7 Å². The Balaban J connectivity index is 1.55. The Morgan fingerprint density at radius 3 is 2.64 bits per heavy atom. The Morgan fingerprint density at radius 2 is 1.94 bits per heavy atom. The van der Waals surface area contributed by atoms with Gasteiger partial charge in [-0.3, -0.25) is 4.72 Å². The van der Waals surface area contributed by atoms with Crippen molar-refractivity contribution >= 4 is 44.6 Å². The van der Waals surface area contributed by atoms with Crippen LogP contribution in [0.4, 0.5) is 10.1 Å². The predicted molar refractivity (Wildman–Crippen MR) is 120 cm³/mol. The molecule has 0 amide bonds. The highest BCUT2D eigenvalue weighted by molar-refractivity contribution is 7.94. The molecule has 1 unspecified atom stereocenters. The van der Waals surface area contributed by atoms with E-state index in [1.54, 1.807) is 0 Å². The van der Waals surface area contributed by atoms with Gasteiger partial charge in [0.25, 0.3) is 10.0 Å². The van der Waals surface area contributed by atoms with Crippen LogP contribution in [0.25, 0.3) is 11.1 Å². The van der Waals surface area contributed by atoms with Crippen molar-refractivity contribution < 1.29 is 37.3 Å². The molecule has 3 aromatic rings. The van der Waals surface area contributed by atoms with Crippen LogP contribution in [-0.4, -0.2) is 43.9 Å². The molecule has 2 aromatic carbocycles. The minimum absolute atomic E-state index is 0.00655. The maximum absolute atomic E-state index is 13.6. The van der Waals surface area contributed by atoms with Crippen LogP contribution < -0.4 is 4.72 Å². The fourth-order valence-electron chi connectivity index (χ4n) is 3.18. The van der Waals surface area contributed by atoms with Gasteiger partial charge in [-0.1, -0.05) is 11.6 Å². The fourth-order valence-corrected chi connectivity index (χ4v) is 5.98. The zero-order valence-electron chi connectivity index (χ0n) is 16.7. The van der Waals surface area contributed by atoms with E-state index in [9.17, 15) is 27.8 Å². The summed E-state index contributed by atoms with van der Waals surface area (Å²) in [4.78, 5) is 12.2. The molecule has 0 bridgehead atoms. The first kappa shape index (κ1) is 23.3. The number of anilines is 1. The Labute approximate surface area is 197 Å². The molecule has 1 aliphatic heterocycles. The summed E-state index contributed by atoms with van der Waals surface area (Å²) in [7, 11) is -4.15. The summed E-state index contributed by atoms with van der Waals surface area (Å²) in [5.74, 6) is -2.09. The number of esters is 1. The molecule has 1 fully saturated rings. The Hall–Kier alpha value is -2.86. The molecule has 4 rings (SSSR count). The summed E-state index contributed by atoms with van der Waals surface area (Å²) < 4.78 is 51.7. The second kappa shape index (κ2) is 9.18. The second-order valence-corrected chi connectivity index (χ2v) is 10.7. The van der Waals surface area contributed by atoms with Gasteiger partial charge in [0.2, 0.25) is 0 Å². The normalized spacial score (nSPS) is 16.0. The third kappa shape index (κ3) is 5.06. The van der Waals surface area contributed by atoms with Crippen LogP contribution in [0.2, 0.25) is 4.34 Å². The van der Waals surface area contributed by atoms with E-state index in [2.05, 4.69) is 4.72 Å². The van der Waals surface area contributed by atoms with Gasteiger partial charge < -0.3 is 19.7 Å². The first-order chi connectivity index (χ1) is 15.6. The maximum Gasteiger partial charge on any atom is 0.342 e. The molecule has 2 heterocycles. The first-order valence-corrected chi connectivity index (χ1v) is 12.2. The first-order valence-electron chi connectivity index (χ1n) is 9.57. The quantitative estimate of drug-likeness (QED) is 0.418. The van der Waals surface area contributed by atoms with Gasteiger partial charge in [0, 0.05) is 23.6 Å². The van der Waals surface area contributed by atoms with E-state index < -0.39 is 33.7 Å². The summed E-state index contributed by atoms with van der Waals surface area (Å²) in [5.41, 5.74) is 0.0718. The van der Waals surface area contributed by atoms with Crippen molar-refractivity contribution in [2.75, 3.05) is 17.9 Å². The van der Waals surface area contributed by atoms with Gasteiger partial charge in [-0.15, -0.1) is 11.3 Å². The highest BCUT2D eigenvalue weighted by Gasteiger charge is 2.25. The van der Waals surface area contributed by atoms with Crippen molar-refractivity contribution in [3.05, 3.63) is 58.2 Å². The van der Waals surface area contributed by atoms with Gasteiger partial charge >= 0.3 is 5.97 Å². The SMILES string of the molecule is O=C(OC1CCOC1)c1ccc(NS(=O)(=O)c2cc(-c3cc(F)ccc3O)c(Cl)s2)cc1O. The zero-order chi connectivity index (χ0) is 23.8. The molecule has 1 atom stereocenters.